The number of rotatable bonds is 4. The van der Waals surface area contributed by atoms with Crippen LogP contribution in [0, 0.1) is 10.8 Å². The van der Waals surface area contributed by atoms with E-state index in [2.05, 4.69) is 27.7 Å². The lowest BCUT2D eigenvalue weighted by Crippen LogP contribution is -2.37. The molecule has 0 aromatic carbocycles. The maximum atomic E-state index is 8.50. The van der Waals surface area contributed by atoms with Crippen molar-refractivity contribution in [3.63, 3.8) is 0 Å². The largest absolute Gasteiger partial charge is 0.396 e. The van der Waals surface area contributed by atoms with Crippen molar-refractivity contribution in [3.05, 3.63) is 0 Å². The normalized spacial score (nSPS) is 12.0. The molecule has 0 saturated heterocycles. The van der Waals surface area contributed by atoms with Crippen LogP contribution < -0.4 is 0 Å². The molecule has 0 aliphatic heterocycles. The van der Waals surface area contributed by atoms with E-state index in [0.717, 1.165) is 0 Å². The number of hydrogen-bond acceptors (Lipinski definition) is 4. The molecule has 15 heavy (non-hydrogen) atoms. The zero-order valence-corrected chi connectivity index (χ0v) is 10.3. The molecule has 0 radical (unpaired) electrons. The van der Waals surface area contributed by atoms with Crippen molar-refractivity contribution in [2.75, 3.05) is 26.4 Å². The molecule has 4 nitrogen and oxygen atoms in total. The summed E-state index contributed by atoms with van der Waals surface area (Å²) in [6.45, 7) is 7.31. The van der Waals surface area contributed by atoms with Crippen molar-refractivity contribution in [2.24, 2.45) is 10.8 Å². The maximum Gasteiger partial charge on any atom is 0.0627 e. The first kappa shape index (κ1) is 17.2. The van der Waals surface area contributed by atoms with Crippen molar-refractivity contribution < 1.29 is 20.4 Å². The van der Waals surface area contributed by atoms with Gasteiger partial charge in [-0.1, -0.05) is 34.1 Å². The molecular weight excluding hydrogens is 196 g/mol. The molecule has 0 spiro atoms. The van der Waals surface area contributed by atoms with Gasteiger partial charge in [-0.15, -0.1) is 0 Å². The topological polar surface area (TPSA) is 80.9 Å². The summed E-state index contributed by atoms with van der Waals surface area (Å²) in [7, 11) is 0. The lowest BCUT2D eigenvalue weighted by Gasteiger charge is -2.23. The zero-order chi connectivity index (χ0) is 12.5. The molecule has 4 heteroatoms. The van der Waals surface area contributed by atoms with Gasteiger partial charge >= 0.3 is 0 Å². The van der Waals surface area contributed by atoms with Crippen LogP contribution in [0.3, 0.4) is 0 Å². The minimum atomic E-state index is -1.11. The van der Waals surface area contributed by atoms with Gasteiger partial charge in [-0.25, -0.2) is 0 Å². The Labute approximate surface area is 92.6 Å². The predicted octanol–water partition coefficient (Wildman–Crippen LogP) is 0.384. The molecule has 0 bridgehead atoms. The van der Waals surface area contributed by atoms with Crippen LogP contribution in [0.4, 0.5) is 0 Å². The summed E-state index contributed by atoms with van der Waals surface area (Å²) in [5, 5.41) is 34.0. The summed E-state index contributed by atoms with van der Waals surface area (Å²) in [5.74, 6) is 0. The maximum absolute atomic E-state index is 8.50. The van der Waals surface area contributed by atoms with Gasteiger partial charge in [-0.3, -0.25) is 0 Å². The summed E-state index contributed by atoms with van der Waals surface area (Å²) in [6, 6.07) is 0. The Bertz CT molecular complexity index is 119. The van der Waals surface area contributed by atoms with Crippen LogP contribution in [0.5, 0.6) is 0 Å². The molecule has 0 aliphatic carbocycles. The Morgan fingerprint density at radius 1 is 0.733 bits per heavy atom. The van der Waals surface area contributed by atoms with Crippen LogP contribution in [-0.4, -0.2) is 46.9 Å². The number of aliphatic hydroxyl groups excluding tert-OH is 4. The molecule has 0 saturated carbocycles. The lowest BCUT2D eigenvalue weighted by atomic mass is 9.93. The van der Waals surface area contributed by atoms with Crippen molar-refractivity contribution in [3.8, 4) is 0 Å². The Morgan fingerprint density at radius 2 is 0.933 bits per heavy atom. The summed E-state index contributed by atoms with van der Waals surface area (Å²) >= 11 is 0. The molecule has 0 aromatic heterocycles. The van der Waals surface area contributed by atoms with Gasteiger partial charge in [-0.05, 0) is 5.41 Å². The second-order valence-electron chi connectivity index (χ2n) is 5.05. The third-order valence-electron chi connectivity index (χ3n) is 2.40. The summed E-state index contributed by atoms with van der Waals surface area (Å²) in [6.07, 6.45) is 1.27. The quantitative estimate of drug-likeness (QED) is 0.554. The molecule has 4 N–H and O–H groups in total. The molecule has 0 amide bonds. The van der Waals surface area contributed by atoms with E-state index in [1.165, 1.54) is 6.42 Å². The first-order chi connectivity index (χ1) is 6.80. The molecule has 0 aromatic rings. The van der Waals surface area contributed by atoms with E-state index in [0.29, 0.717) is 5.41 Å². The van der Waals surface area contributed by atoms with Gasteiger partial charge < -0.3 is 20.4 Å². The smallest absolute Gasteiger partial charge is 0.0627 e. The number of aliphatic hydroxyl groups is 4. The van der Waals surface area contributed by atoms with Crippen molar-refractivity contribution in [2.45, 2.75) is 34.1 Å². The van der Waals surface area contributed by atoms with E-state index in [1.54, 1.807) is 0 Å². The van der Waals surface area contributed by atoms with E-state index < -0.39 is 31.8 Å². The SMILES string of the molecule is CCC(C)(C)C.OCC(CO)(CO)CO. The molecule has 0 unspecified atom stereocenters. The fourth-order valence-corrected chi connectivity index (χ4v) is 0.300. The predicted molar refractivity (Wildman–Crippen MR) is 60.5 cm³/mol. The minimum absolute atomic E-state index is 0.406. The Hall–Kier alpha value is -0.160. The van der Waals surface area contributed by atoms with Crippen molar-refractivity contribution in [1.82, 2.24) is 0 Å². The van der Waals surface area contributed by atoms with Gasteiger partial charge in [-0.2, -0.15) is 0 Å². The second kappa shape index (κ2) is 8.05. The van der Waals surface area contributed by atoms with Gasteiger partial charge in [0.05, 0.1) is 31.8 Å². The highest BCUT2D eigenvalue weighted by Crippen LogP contribution is 2.16. The van der Waals surface area contributed by atoms with Crippen LogP contribution in [0.2, 0.25) is 0 Å². The van der Waals surface area contributed by atoms with Gasteiger partial charge in [0.2, 0.25) is 0 Å². The van der Waals surface area contributed by atoms with E-state index in [-0.39, 0.29) is 0 Å². The fraction of sp³-hybridized carbons (Fsp3) is 1.00. The van der Waals surface area contributed by atoms with Gasteiger partial charge in [0.1, 0.15) is 0 Å². The summed E-state index contributed by atoms with van der Waals surface area (Å²) < 4.78 is 0. The molecular formula is C11H26O4. The van der Waals surface area contributed by atoms with Crippen LogP contribution >= 0.6 is 0 Å². The molecule has 94 valence electrons. The van der Waals surface area contributed by atoms with E-state index in [4.69, 9.17) is 20.4 Å². The van der Waals surface area contributed by atoms with E-state index >= 15 is 0 Å². The van der Waals surface area contributed by atoms with Crippen LogP contribution in [0.15, 0.2) is 0 Å². The summed E-state index contributed by atoms with van der Waals surface area (Å²) in [4.78, 5) is 0. The highest BCUT2D eigenvalue weighted by molar-refractivity contribution is 4.74. The monoisotopic (exact) mass is 222 g/mol. The van der Waals surface area contributed by atoms with E-state index in [9.17, 15) is 0 Å². The Balaban J connectivity index is 0. The zero-order valence-electron chi connectivity index (χ0n) is 10.3. The van der Waals surface area contributed by atoms with E-state index in [1.807, 2.05) is 0 Å². The minimum Gasteiger partial charge on any atom is -0.396 e. The third-order valence-corrected chi connectivity index (χ3v) is 2.40. The molecule has 0 atom stereocenters. The molecule has 0 fully saturated rings. The van der Waals surface area contributed by atoms with Crippen LogP contribution in [-0.2, 0) is 0 Å². The average Bonchev–Trinajstić information content (AvgIpc) is 2.22. The standard InChI is InChI=1S/C6H14.C5H12O4/c1-5-6(2,3)4;6-1-5(2-7,3-8)4-9/h5H2,1-4H3;6-9H,1-4H2. The van der Waals surface area contributed by atoms with Crippen molar-refractivity contribution >= 4 is 0 Å². The summed E-state index contributed by atoms with van der Waals surface area (Å²) in [5.41, 5.74) is -0.569. The van der Waals surface area contributed by atoms with Gasteiger partial charge in [0.25, 0.3) is 0 Å². The van der Waals surface area contributed by atoms with Crippen LogP contribution in [0.1, 0.15) is 34.1 Å². The number of hydrogen-bond donors (Lipinski definition) is 4. The highest BCUT2D eigenvalue weighted by atomic mass is 16.3. The average molecular weight is 222 g/mol. The third kappa shape index (κ3) is 8.81. The fourth-order valence-electron chi connectivity index (χ4n) is 0.300. The lowest BCUT2D eigenvalue weighted by molar-refractivity contribution is -0.0328. The first-order valence-corrected chi connectivity index (χ1v) is 5.24. The highest BCUT2D eigenvalue weighted by Gasteiger charge is 2.26. The molecule has 0 rings (SSSR count). The van der Waals surface area contributed by atoms with Gasteiger partial charge in [0, 0.05) is 0 Å². The first-order valence-electron chi connectivity index (χ1n) is 5.24. The Morgan fingerprint density at radius 3 is 0.933 bits per heavy atom. The molecule has 0 aliphatic rings. The second-order valence-corrected chi connectivity index (χ2v) is 5.05. The van der Waals surface area contributed by atoms with Crippen molar-refractivity contribution in [1.29, 1.82) is 0 Å². The Kier molecular flexibility index (Phi) is 9.25. The van der Waals surface area contributed by atoms with Gasteiger partial charge in [0.15, 0.2) is 0 Å². The van der Waals surface area contributed by atoms with Crippen LogP contribution in [0.25, 0.3) is 0 Å². The molecule has 0 heterocycles.